The molecule has 0 saturated heterocycles. The van der Waals surface area contributed by atoms with Gasteiger partial charge < -0.3 is 4.74 Å². The zero-order chi connectivity index (χ0) is 20.3. The number of rotatable bonds is 5. The van der Waals surface area contributed by atoms with Crippen molar-refractivity contribution in [2.75, 3.05) is 7.11 Å². The van der Waals surface area contributed by atoms with Crippen LogP contribution in [0.2, 0.25) is 0 Å². The van der Waals surface area contributed by atoms with Crippen LogP contribution in [0, 0.1) is 17.6 Å². The summed E-state index contributed by atoms with van der Waals surface area (Å²) in [6, 6.07) is 8.74. The number of sulfonamides is 1. The van der Waals surface area contributed by atoms with Crippen molar-refractivity contribution in [3.05, 3.63) is 54.1 Å². The SMILES string of the molecule is COC(=O)C1CCC(NS(=O)(=O)c2ccc(-c3ccc(F)cc3F)cc2)CC1. The number of hydrogen-bond acceptors (Lipinski definition) is 4. The molecular formula is C20H21F2NO4S. The van der Waals surface area contributed by atoms with Crippen LogP contribution in [-0.4, -0.2) is 27.5 Å². The Labute approximate surface area is 162 Å². The second-order valence-electron chi connectivity index (χ2n) is 6.84. The standard InChI is InChI=1S/C20H21F2NO4S/c1-27-20(24)14-2-7-16(8-3-14)23-28(25,26)17-9-4-13(5-10-17)18-11-6-15(21)12-19(18)22/h4-6,9-12,14,16,23H,2-3,7-8H2,1H3. The molecule has 0 spiro atoms. The third-order valence-electron chi connectivity index (χ3n) is 4.99. The summed E-state index contributed by atoms with van der Waals surface area (Å²) in [4.78, 5) is 11.6. The zero-order valence-electron chi connectivity index (χ0n) is 15.3. The van der Waals surface area contributed by atoms with Crippen molar-refractivity contribution in [2.45, 2.75) is 36.6 Å². The van der Waals surface area contributed by atoms with Gasteiger partial charge in [-0.1, -0.05) is 12.1 Å². The van der Waals surface area contributed by atoms with Crippen molar-refractivity contribution in [1.82, 2.24) is 4.72 Å². The van der Waals surface area contributed by atoms with Crippen molar-refractivity contribution in [3.8, 4) is 11.1 Å². The number of benzene rings is 2. The minimum atomic E-state index is -3.74. The maximum absolute atomic E-state index is 13.9. The van der Waals surface area contributed by atoms with E-state index < -0.39 is 21.7 Å². The molecule has 0 atom stereocenters. The van der Waals surface area contributed by atoms with Crippen LogP contribution in [0.1, 0.15) is 25.7 Å². The predicted octanol–water partition coefficient (Wildman–Crippen LogP) is 3.64. The van der Waals surface area contributed by atoms with Gasteiger partial charge in [0.05, 0.1) is 17.9 Å². The van der Waals surface area contributed by atoms with Crippen LogP contribution in [0.15, 0.2) is 47.4 Å². The first-order chi connectivity index (χ1) is 13.3. The van der Waals surface area contributed by atoms with Gasteiger partial charge in [0.1, 0.15) is 11.6 Å². The summed E-state index contributed by atoms with van der Waals surface area (Å²) in [5.74, 6) is -1.83. The Morgan fingerprint density at radius 1 is 1.04 bits per heavy atom. The number of halogens is 2. The smallest absolute Gasteiger partial charge is 0.308 e. The topological polar surface area (TPSA) is 72.5 Å². The van der Waals surface area contributed by atoms with Crippen molar-refractivity contribution in [1.29, 1.82) is 0 Å². The molecule has 0 bridgehead atoms. The fourth-order valence-electron chi connectivity index (χ4n) is 3.44. The fourth-order valence-corrected chi connectivity index (χ4v) is 4.74. The summed E-state index contributed by atoms with van der Waals surface area (Å²) < 4.78 is 59.5. The van der Waals surface area contributed by atoms with Gasteiger partial charge in [-0.15, -0.1) is 0 Å². The lowest BCUT2D eigenvalue weighted by Gasteiger charge is -2.27. The number of esters is 1. The Balaban J connectivity index is 1.68. The maximum Gasteiger partial charge on any atom is 0.308 e. The maximum atomic E-state index is 13.9. The molecule has 5 nitrogen and oxygen atoms in total. The van der Waals surface area contributed by atoms with Gasteiger partial charge in [0.25, 0.3) is 0 Å². The lowest BCUT2D eigenvalue weighted by atomic mass is 9.86. The lowest BCUT2D eigenvalue weighted by Crippen LogP contribution is -2.38. The first-order valence-electron chi connectivity index (χ1n) is 8.96. The van der Waals surface area contributed by atoms with Gasteiger partial charge in [-0.3, -0.25) is 4.79 Å². The molecule has 28 heavy (non-hydrogen) atoms. The van der Waals surface area contributed by atoms with Crippen LogP contribution >= 0.6 is 0 Å². The van der Waals surface area contributed by atoms with Gasteiger partial charge in [0.15, 0.2) is 0 Å². The van der Waals surface area contributed by atoms with E-state index in [4.69, 9.17) is 4.74 Å². The summed E-state index contributed by atoms with van der Waals surface area (Å²) in [7, 11) is -2.39. The minimum Gasteiger partial charge on any atom is -0.469 e. The van der Waals surface area contributed by atoms with E-state index in [9.17, 15) is 22.0 Å². The predicted molar refractivity (Wildman–Crippen MR) is 99.9 cm³/mol. The van der Waals surface area contributed by atoms with E-state index in [1.165, 1.54) is 37.4 Å². The van der Waals surface area contributed by atoms with Gasteiger partial charge in [0.2, 0.25) is 10.0 Å². The molecule has 3 rings (SSSR count). The Morgan fingerprint density at radius 2 is 1.68 bits per heavy atom. The van der Waals surface area contributed by atoms with Crippen molar-refractivity contribution in [3.63, 3.8) is 0 Å². The summed E-state index contributed by atoms with van der Waals surface area (Å²) >= 11 is 0. The molecule has 0 unspecified atom stereocenters. The molecule has 2 aromatic carbocycles. The average Bonchev–Trinajstić information content (AvgIpc) is 2.68. The van der Waals surface area contributed by atoms with Crippen LogP contribution in [0.25, 0.3) is 11.1 Å². The molecular weight excluding hydrogens is 388 g/mol. The van der Waals surface area contributed by atoms with Gasteiger partial charge in [-0.2, -0.15) is 0 Å². The molecule has 0 amide bonds. The number of ether oxygens (including phenoxy) is 1. The highest BCUT2D eigenvalue weighted by Gasteiger charge is 2.29. The van der Waals surface area contributed by atoms with Gasteiger partial charge in [0, 0.05) is 17.7 Å². The van der Waals surface area contributed by atoms with Gasteiger partial charge in [-0.25, -0.2) is 21.9 Å². The summed E-state index contributed by atoms with van der Waals surface area (Å²) in [5, 5.41) is 0. The lowest BCUT2D eigenvalue weighted by molar-refractivity contribution is -0.146. The van der Waals surface area contributed by atoms with Crippen LogP contribution < -0.4 is 4.72 Å². The first kappa shape index (κ1) is 20.4. The van der Waals surface area contributed by atoms with E-state index in [0.717, 1.165) is 12.1 Å². The van der Waals surface area contributed by atoms with E-state index in [-0.39, 0.29) is 28.4 Å². The average molecular weight is 409 g/mol. The van der Waals surface area contributed by atoms with Crippen LogP contribution in [0.5, 0.6) is 0 Å². The molecule has 150 valence electrons. The number of hydrogen-bond donors (Lipinski definition) is 1. The fraction of sp³-hybridized carbons (Fsp3) is 0.350. The Morgan fingerprint density at radius 3 is 2.25 bits per heavy atom. The summed E-state index contributed by atoms with van der Waals surface area (Å²) in [6.07, 6.45) is 2.25. The van der Waals surface area contributed by atoms with Gasteiger partial charge in [-0.05, 0) is 55.5 Å². The summed E-state index contributed by atoms with van der Waals surface area (Å²) in [5.41, 5.74) is 0.648. The molecule has 1 aliphatic carbocycles. The molecule has 0 heterocycles. The second-order valence-corrected chi connectivity index (χ2v) is 8.56. The monoisotopic (exact) mass is 409 g/mol. The van der Waals surface area contributed by atoms with E-state index >= 15 is 0 Å². The molecule has 1 saturated carbocycles. The minimum absolute atomic E-state index is 0.0638. The highest BCUT2D eigenvalue weighted by atomic mass is 32.2. The van der Waals surface area contributed by atoms with E-state index in [0.29, 0.717) is 31.2 Å². The Bertz CT molecular complexity index is 953. The Hall–Kier alpha value is -2.32. The van der Waals surface area contributed by atoms with Gasteiger partial charge >= 0.3 is 5.97 Å². The van der Waals surface area contributed by atoms with Crippen molar-refractivity contribution < 1.29 is 26.7 Å². The molecule has 2 aromatic rings. The summed E-state index contributed by atoms with van der Waals surface area (Å²) in [6.45, 7) is 0. The van der Waals surface area contributed by atoms with Crippen molar-refractivity contribution >= 4 is 16.0 Å². The van der Waals surface area contributed by atoms with Crippen LogP contribution in [-0.2, 0) is 19.6 Å². The quantitative estimate of drug-likeness (QED) is 0.766. The molecule has 0 aliphatic heterocycles. The molecule has 1 aliphatic rings. The number of carbonyl (C=O) groups is 1. The van der Waals surface area contributed by atoms with Crippen LogP contribution in [0.3, 0.4) is 0 Å². The number of nitrogens with one attached hydrogen (secondary N) is 1. The second kappa shape index (κ2) is 8.36. The Kier molecular flexibility index (Phi) is 6.10. The van der Waals surface area contributed by atoms with Crippen LogP contribution in [0.4, 0.5) is 8.78 Å². The third kappa shape index (κ3) is 4.56. The zero-order valence-corrected chi connectivity index (χ0v) is 16.1. The first-order valence-corrected chi connectivity index (χ1v) is 10.4. The molecule has 1 N–H and O–H groups in total. The third-order valence-corrected chi connectivity index (χ3v) is 6.53. The van der Waals surface area contributed by atoms with E-state index in [2.05, 4.69) is 4.72 Å². The highest BCUT2D eigenvalue weighted by molar-refractivity contribution is 7.89. The largest absolute Gasteiger partial charge is 0.469 e. The molecule has 8 heteroatoms. The van der Waals surface area contributed by atoms with E-state index in [1.54, 1.807) is 0 Å². The normalized spacial score (nSPS) is 20.0. The molecule has 0 aromatic heterocycles. The highest BCUT2D eigenvalue weighted by Crippen LogP contribution is 2.28. The molecule has 0 radical (unpaired) electrons. The number of methoxy groups -OCH3 is 1. The van der Waals surface area contributed by atoms with Crippen molar-refractivity contribution in [2.24, 2.45) is 5.92 Å². The number of carbonyl (C=O) groups excluding carboxylic acids is 1. The molecule has 1 fully saturated rings. The van der Waals surface area contributed by atoms with E-state index in [1.807, 2.05) is 0 Å².